The maximum absolute atomic E-state index is 8.56. The van der Waals surface area contributed by atoms with Gasteiger partial charge in [0.2, 0.25) is 0 Å². The summed E-state index contributed by atoms with van der Waals surface area (Å²) in [6.07, 6.45) is 0. The van der Waals surface area contributed by atoms with Gasteiger partial charge in [-0.1, -0.05) is 0 Å². The average Bonchev–Trinajstić information content (AvgIpc) is 0.811. The summed E-state index contributed by atoms with van der Waals surface area (Å²) in [7, 11) is 0. The summed E-state index contributed by atoms with van der Waals surface area (Å²) >= 11 is -2.86. The summed E-state index contributed by atoms with van der Waals surface area (Å²) in [5.74, 6) is 0. The van der Waals surface area contributed by atoms with Crippen molar-refractivity contribution in [3.8, 4) is 0 Å². The van der Waals surface area contributed by atoms with Crippen LogP contribution in [0.2, 0.25) is 0 Å². The van der Waals surface area contributed by atoms with Gasteiger partial charge in [-0.15, -0.1) is 0 Å². The van der Waals surface area contributed by atoms with Gasteiger partial charge in [0.15, 0.2) is 0 Å². The summed E-state index contributed by atoms with van der Waals surface area (Å²) in [4.78, 5) is 0. The molecule has 3 nitrogen and oxygen atoms in total. The van der Waals surface area contributed by atoms with E-state index >= 15 is 0 Å². The molecule has 0 rings (SSSR count). The second kappa shape index (κ2) is 16.0. The maximum Gasteiger partial charge on any atom is 1.00 e. The topological polar surface area (TPSA) is 60.4 Å². The second-order valence-corrected chi connectivity index (χ2v) is 0.651. The molecule has 0 aromatic carbocycles. The first-order valence-electron chi connectivity index (χ1n) is 0.516. The third-order valence-electron chi connectivity index (χ3n) is 0. The zero-order valence-corrected chi connectivity index (χ0v) is 11.5. The minimum atomic E-state index is -2.86. The molecule has 7 heavy (non-hydrogen) atoms. The molecule has 0 aromatic heterocycles. The van der Waals surface area contributed by atoms with Crippen molar-refractivity contribution >= 4 is 11.4 Å². The molecule has 0 radical (unpaired) electrons. The van der Waals surface area contributed by atoms with E-state index in [-0.39, 0.29) is 93.0 Å². The van der Waals surface area contributed by atoms with Gasteiger partial charge >= 0.3 is 88.7 Å². The second-order valence-electron chi connectivity index (χ2n) is 0.217. The minimum Gasteiger partial charge on any atom is -1.00 e. The first-order chi connectivity index (χ1) is 1.73. The zero-order chi connectivity index (χ0) is 3.58. The van der Waals surface area contributed by atoms with Crippen LogP contribution in [0.15, 0.2) is 0 Å². The quantitative estimate of drug-likeness (QED) is 0.277. The van der Waals surface area contributed by atoms with E-state index in [4.69, 9.17) is 13.3 Å². The van der Waals surface area contributed by atoms with Crippen molar-refractivity contribution in [1.82, 2.24) is 0 Å². The van der Waals surface area contributed by atoms with Crippen LogP contribution in [0, 0.1) is 0 Å². The summed E-state index contributed by atoms with van der Waals surface area (Å²) in [5.41, 5.74) is 0. The Morgan fingerprint density at radius 3 is 1.43 bits per heavy atom. The van der Waals surface area contributed by atoms with Gasteiger partial charge in [0.25, 0.3) is 0 Å². The molecule has 0 bridgehead atoms. The molecular weight excluding hydrogens is 149 g/mol. The van der Waals surface area contributed by atoms with Crippen molar-refractivity contribution in [2.75, 3.05) is 0 Å². The Morgan fingerprint density at radius 2 is 1.43 bits per heavy atom. The van der Waals surface area contributed by atoms with Crippen LogP contribution in [0.1, 0.15) is 4.28 Å². The molecule has 0 spiro atoms. The van der Waals surface area contributed by atoms with E-state index in [0.29, 0.717) is 0 Å². The number of hydrogen-bond donors (Lipinski definition) is 1. The largest absolute Gasteiger partial charge is 1.00 e. The molecule has 0 fully saturated rings. The van der Waals surface area contributed by atoms with Gasteiger partial charge in [0.1, 0.15) is 0 Å². The van der Waals surface area contributed by atoms with E-state index in [0.717, 1.165) is 0 Å². The Balaban J connectivity index is -0.00000000300. The molecule has 0 saturated heterocycles. The molecule has 1 unspecified atom stereocenters. The smallest absolute Gasteiger partial charge is 1.00 e. The van der Waals surface area contributed by atoms with Gasteiger partial charge in [0, 0.05) is 0 Å². The van der Waals surface area contributed by atoms with Gasteiger partial charge in [0.05, 0.1) is 11.4 Å². The third kappa shape index (κ3) is 48.1. The monoisotopic (exact) mass is 153 g/mol. The molecule has 0 amide bonds. The predicted molar refractivity (Wildman–Crippen MR) is 14.9 cm³/mol. The Labute approximate surface area is 115 Å². The van der Waals surface area contributed by atoms with Gasteiger partial charge in [-0.2, -0.15) is 0 Å². The fourth-order valence-corrected chi connectivity index (χ4v) is 0. The van der Waals surface area contributed by atoms with Gasteiger partial charge in [-0.05, 0) is 0 Å². The molecule has 0 aliphatic rings. The predicted octanol–water partition coefficient (Wildman–Crippen LogP) is -9.31. The Kier molecular flexibility index (Phi) is 51.5. The van der Waals surface area contributed by atoms with Crippen LogP contribution in [0.5, 0.6) is 0 Å². The average molecular weight is 153 g/mol. The van der Waals surface area contributed by atoms with Crippen LogP contribution >= 0.6 is 0 Å². The first-order valence-corrected chi connectivity index (χ1v) is 1.55. The number of rotatable bonds is 0. The van der Waals surface area contributed by atoms with Gasteiger partial charge in [-0.3, -0.25) is 0 Å². The van der Waals surface area contributed by atoms with Crippen LogP contribution < -0.4 is 88.7 Å². The van der Waals surface area contributed by atoms with E-state index < -0.39 is 11.4 Å². The third-order valence-corrected chi connectivity index (χ3v) is 0. The van der Waals surface area contributed by atoms with Crippen molar-refractivity contribution in [1.29, 1.82) is 0 Å². The van der Waals surface area contributed by atoms with Gasteiger partial charge < -0.3 is 13.4 Å². The first kappa shape index (κ1) is 22.5. The van der Waals surface area contributed by atoms with E-state index in [2.05, 4.69) is 0 Å². The Morgan fingerprint density at radius 1 is 1.43 bits per heavy atom. The summed E-state index contributed by atoms with van der Waals surface area (Å²) in [6, 6.07) is 0. The zero-order valence-electron chi connectivity index (χ0n) is 7.67. The normalized spacial score (nSPS) is 8.86. The maximum atomic E-state index is 8.56. The Bertz CT molecular complexity index is 42.0. The standard InChI is InChI=1S/3Na.H2O3S.3H/c;;;1-4(2)3;;;/h;;;(H2,1,2,3);;;/q3*+1;;3*-1/p-1. The van der Waals surface area contributed by atoms with Crippen molar-refractivity contribution in [3.05, 3.63) is 0 Å². The molecule has 1 N–H and O–H groups in total. The van der Waals surface area contributed by atoms with Crippen molar-refractivity contribution < 1.29 is 106 Å². The molecule has 0 aromatic rings. The van der Waals surface area contributed by atoms with E-state index in [1.807, 2.05) is 0 Å². The fraction of sp³-hybridized carbons (Fsp3) is 0. The molecule has 7 heteroatoms. The van der Waals surface area contributed by atoms with E-state index in [1.54, 1.807) is 0 Å². The SMILES string of the molecule is O=S([O-])O.[H-].[H-].[H-].[Na+].[Na+].[Na+]. The molecule has 0 aliphatic carbocycles. The summed E-state index contributed by atoms with van der Waals surface area (Å²) < 4.78 is 24.1. The molecule has 0 heterocycles. The number of hydrogen-bond acceptors (Lipinski definition) is 2. The van der Waals surface area contributed by atoms with E-state index in [9.17, 15) is 0 Å². The van der Waals surface area contributed by atoms with Crippen LogP contribution in [-0.4, -0.2) is 13.3 Å². The molecular formula is H4Na3O3S-. The Hall–Kier alpha value is 3.07. The summed E-state index contributed by atoms with van der Waals surface area (Å²) in [5, 5.41) is 0. The van der Waals surface area contributed by atoms with E-state index in [1.165, 1.54) is 0 Å². The molecule has 0 aliphatic heterocycles. The van der Waals surface area contributed by atoms with Crippen molar-refractivity contribution in [3.63, 3.8) is 0 Å². The van der Waals surface area contributed by atoms with Gasteiger partial charge in [-0.25, -0.2) is 4.21 Å². The molecule has 1 atom stereocenters. The van der Waals surface area contributed by atoms with Crippen molar-refractivity contribution in [2.45, 2.75) is 0 Å². The van der Waals surface area contributed by atoms with Crippen molar-refractivity contribution in [2.24, 2.45) is 0 Å². The van der Waals surface area contributed by atoms with Crippen LogP contribution in [0.4, 0.5) is 0 Å². The van der Waals surface area contributed by atoms with Crippen LogP contribution in [0.25, 0.3) is 0 Å². The van der Waals surface area contributed by atoms with Crippen LogP contribution in [-0.2, 0) is 11.4 Å². The molecule has 0 saturated carbocycles. The minimum absolute atomic E-state index is 0. The van der Waals surface area contributed by atoms with Crippen LogP contribution in [0.3, 0.4) is 0 Å². The summed E-state index contributed by atoms with van der Waals surface area (Å²) in [6.45, 7) is 0. The fourth-order valence-electron chi connectivity index (χ4n) is 0. The molecule has 32 valence electrons.